The average Bonchev–Trinajstić information content (AvgIpc) is 2.36. The van der Waals surface area contributed by atoms with Crippen molar-refractivity contribution in [2.75, 3.05) is 11.9 Å². The van der Waals surface area contributed by atoms with E-state index >= 15 is 0 Å². The van der Waals surface area contributed by atoms with Crippen LogP contribution in [-0.2, 0) is 4.79 Å². The van der Waals surface area contributed by atoms with E-state index in [1.807, 2.05) is 19.2 Å². The molecule has 1 atom stereocenters. The summed E-state index contributed by atoms with van der Waals surface area (Å²) in [7, 11) is 2.00. The Bertz CT molecular complexity index is 471. The zero-order valence-corrected chi connectivity index (χ0v) is 12.3. The van der Waals surface area contributed by atoms with Gasteiger partial charge in [0.15, 0.2) is 0 Å². The van der Waals surface area contributed by atoms with E-state index in [-0.39, 0.29) is 0 Å². The van der Waals surface area contributed by atoms with Gasteiger partial charge in [0.2, 0.25) is 0 Å². The molecule has 0 saturated carbocycles. The summed E-state index contributed by atoms with van der Waals surface area (Å²) >= 11 is 6.17. The van der Waals surface area contributed by atoms with Gasteiger partial charge in [0.1, 0.15) is 0 Å². The Labute approximate surface area is 119 Å². The molecule has 104 valence electrons. The molecule has 0 aliphatic heterocycles. The topological polar surface area (TPSA) is 40.5 Å². The Morgan fingerprint density at radius 2 is 2.21 bits per heavy atom. The first-order valence-electron chi connectivity index (χ1n) is 6.39. The Hall–Kier alpha value is -1.48. The van der Waals surface area contributed by atoms with Gasteiger partial charge in [-0.05, 0) is 31.6 Å². The molecule has 0 aromatic heterocycles. The van der Waals surface area contributed by atoms with E-state index in [9.17, 15) is 4.79 Å². The van der Waals surface area contributed by atoms with Gasteiger partial charge in [-0.1, -0.05) is 31.0 Å². The van der Waals surface area contributed by atoms with E-state index in [0.717, 1.165) is 30.2 Å². The second-order valence-corrected chi connectivity index (χ2v) is 5.00. The first-order valence-corrected chi connectivity index (χ1v) is 6.77. The molecule has 0 spiro atoms. The first-order chi connectivity index (χ1) is 8.97. The summed E-state index contributed by atoms with van der Waals surface area (Å²) in [6, 6.07) is 5.98. The maximum absolute atomic E-state index is 10.7. The number of aliphatic carboxylic acids is 1. The summed E-state index contributed by atoms with van der Waals surface area (Å²) in [5.41, 5.74) is 1.70. The van der Waals surface area contributed by atoms with Crippen molar-refractivity contribution < 1.29 is 9.90 Å². The fourth-order valence-corrected chi connectivity index (χ4v) is 2.23. The van der Waals surface area contributed by atoms with Crippen LogP contribution in [0.1, 0.15) is 32.3 Å². The molecule has 19 heavy (non-hydrogen) atoms. The molecule has 1 aromatic carbocycles. The number of anilines is 1. The molecule has 0 radical (unpaired) electrons. The molecule has 4 heteroatoms. The van der Waals surface area contributed by atoms with Gasteiger partial charge in [-0.15, -0.1) is 0 Å². The summed E-state index contributed by atoms with van der Waals surface area (Å²) in [5.74, 6) is -0.977. The van der Waals surface area contributed by atoms with Crippen molar-refractivity contribution >= 4 is 29.3 Å². The highest BCUT2D eigenvalue weighted by atomic mass is 35.5. The minimum Gasteiger partial charge on any atom is -0.478 e. The van der Waals surface area contributed by atoms with Gasteiger partial charge >= 0.3 is 5.97 Å². The normalized spacial score (nSPS) is 12.6. The van der Waals surface area contributed by atoms with E-state index in [1.54, 1.807) is 12.1 Å². The van der Waals surface area contributed by atoms with Crippen LogP contribution in [0.4, 0.5) is 5.69 Å². The average molecular weight is 282 g/mol. The standard InChI is InChI=1S/C15H20ClNO2/c1-4-6-11(2)17(3)14-8-5-7-13(16)12(14)9-10-15(18)19/h5,7-11H,4,6H2,1-3H3,(H,18,19)/b10-9+. The molecular formula is C15H20ClNO2. The SMILES string of the molecule is CCCC(C)N(C)c1cccc(Cl)c1/C=C/C(=O)O. The molecule has 1 rings (SSSR count). The zero-order chi connectivity index (χ0) is 14.4. The van der Waals surface area contributed by atoms with Crippen LogP contribution in [0.25, 0.3) is 6.08 Å². The van der Waals surface area contributed by atoms with Crippen LogP contribution in [-0.4, -0.2) is 24.2 Å². The van der Waals surface area contributed by atoms with E-state index in [4.69, 9.17) is 16.7 Å². The second-order valence-electron chi connectivity index (χ2n) is 4.59. The lowest BCUT2D eigenvalue weighted by Crippen LogP contribution is -2.29. The molecule has 1 unspecified atom stereocenters. The van der Waals surface area contributed by atoms with Gasteiger partial charge in [-0.3, -0.25) is 0 Å². The summed E-state index contributed by atoms with van der Waals surface area (Å²) in [4.78, 5) is 12.8. The highest BCUT2D eigenvalue weighted by molar-refractivity contribution is 6.32. The number of halogens is 1. The molecule has 0 aliphatic carbocycles. The van der Waals surface area contributed by atoms with Gasteiger partial charge in [-0.2, -0.15) is 0 Å². The summed E-state index contributed by atoms with van der Waals surface area (Å²) in [6.07, 6.45) is 4.84. The Morgan fingerprint density at radius 1 is 1.53 bits per heavy atom. The highest BCUT2D eigenvalue weighted by Crippen LogP contribution is 2.30. The second kappa shape index (κ2) is 7.19. The Balaban J connectivity index is 3.12. The third kappa shape index (κ3) is 4.28. The number of benzene rings is 1. The van der Waals surface area contributed by atoms with Gasteiger partial charge in [0.25, 0.3) is 0 Å². The molecule has 0 saturated heterocycles. The fourth-order valence-electron chi connectivity index (χ4n) is 2.00. The quantitative estimate of drug-likeness (QED) is 0.799. The van der Waals surface area contributed by atoms with Crippen LogP contribution in [0.5, 0.6) is 0 Å². The molecule has 1 N–H and O–H groups in total. The van der Waals surface area contributed by atoms with Crippen molar-refractivity contribution in [3.05, 3.63) is 34.9 Å². The molecule has 3 nitrogen and oxygen atoms in total. The van der Waals surface area contributed by atoms with E-state index < -0.39 is 5.97 Å². The molecular weight excluding hydrogens is 262 g/mol. The van der Waals surface area contributed by atoms with E-state index in [2.05, 4.69) is 18.7 Å². The van der Waals surface area contributed by atoms with Crippen LogP contribution in [0, 0.1) is 0 Å². The predicted molar refractivity (Wildman–Crippen MR) is 80.9 cm³/mol. The van der Waals surface area contributed by atoms with Crippen LogP contribution >= 0.6 is 11.6 Å². The zero-order valence-electron chi connectivity index (χ0n) is 11.6. The number of nitrogens with zero attached hydrogens (tertiary/aromatic N) is 1. The predicted octanol–water partition coefficient (Wildman–Crippen LogP) is 4.06. The number of rotatable bonds is 6. The van der Waals surface area contributed by atoms with Crippen LogP contribution in [0.3, 0.4) is 0 Å². The molecule has 0 aliphatic rings. The summed E-state index contributed by atoms with van der Waals surface area (Å²) < 4.78 is 0. The van der Waals surface area contributed by atoms with Crippen molar-refractivity contribution in [1.82, 2.24) is 0 Å². The molecule has 0 heterocycles. The lowest BCUT2D eigenvalue weighted by Gasteiger charge is -2.28. The summed E-state index contributed by atoms with van der Waals surface area (Å²) in [6.45, 7) is 4.29. The maximum Gasteiger partial charge on any atom is 0.328 e. The van der Waals surface area contributed by atoms with Crippen molar-refractivity contribution in [3.8, 4) is 0 Å². The minimum atomic E-state index is -0.977. The van der Waals surface area contributed by atoms with Crippen LogP contribution < -0.4 is 4.90 Å². The van der Waals surface area contributed by atoms with Gasteiger partial charge < -0.3 is 10.0 Å². The van der Waals surface area contributed by atoms with E-state index in [0.29, 0.717) is 11.1 Å². The molecule has 0 amide bonds. The third-order valence-electron chi connectivity index (χ3n) is 3.17. The monoisotopic (exact) mass is 281 g/mol. The van der Waals surface area contributed by atoms with Crippen molar-refractivity contribution in [1.29, 1.82) is 0 Å². The molecule has 0 bridgehead atoms. The Morgan fingerprint density at radius 3 is 2.79 bits per heavy atom. The van der Waals surface area contributed by atoms with Gasteiger partial charge in [0, 0.05) is 35.4 Å². The number of hydrogen-bond acceptors (Lipinski definition) is 2. The van der Waals surface area contributed by atoms with E-state index in [1.165, 1.54) is 0 Å². The number of hydrogen-bond donors (Lipinski definition) is 1. The lowest BCUT2D eigenvalue weighted by atomic mass is 10.1. The smallest absolute Gasteiger partial charge is 0.328 e. The third-order valence-corrected chi connectivity index (χ3v) is 3.50. The number of carboxylic acids is 1. The number of carbonyl (C=O) groups is 1. The van der Waals surface area contributed by atoms with Crippen LogP contribution in [0.15, 0.2) is 24.3 Å². The molecule has 0 fully saturated rings. The fraction of sp³-hybridized carbons (Fsp3) is 0.400. The highest BCUT2D eigenvalue weighted by Gasteiger charge is 2.13. The van der Waals surface area contributed by atoms with Crippen molar-refractivity contribution in [3.63, 3.8) is 0 Å². The van der Waals surface area contributed by atoms with Gasteiger partial charge in [0.05, 0.1) is 0 Å². The number of carboxylic acid groups (broad SMARTS) is 1. The maximum atomic E-state index is 10.7. The summed E-state index contributed by atoms with van der Waals surface area (Å²) in [5, 5.41) is 9.31. The first kappa shape index (κ1) is 15.6. The molecule has 1 aromatic rings. The van der Waals surface area contributed by atoms with Crippen molar-refractivity contribution in [2.24, 2.45) is 0 Å². The van der Waals surface area contributed by atoms with Crippen LogP contribution in [0.2, 0.25) is 5.02 Å². The lowest BCUT2D eigenvalue weighted by molar-refractivity contribution is -0.131. The Kier molecular flexibility index (Phi) is 5.90. The van der Waals surface area contributed by atoms with Crippen molar-refractivity contribution in [2.45, 2.75) is 32.7 Å². The minimum absolute atomic E-state index is 0.375. The van der Waals surface area contributed by atoms with Gasteiger partial charge in [-0.25, -0.2) is 4.79 Å². The largest absolute Gasteiger partial charge is 0.478 e.